The molecule has 122 valence electrons. The molecule has 1 N–H and O–H groups in total. The number of anilines is 1. The Hall–Kier alpha value is -1.53. The van der Waals surface area contributed by atoms with E-state index in [4.69, 9.17) is 11.6 Å². The Labute approximate surface area is 143 Å². The van der Waals surface area contributed by atoms with Crippen LogP contribution in [-0.4, -0.2) is 23.6 Å². The van der Waals surface area contributed by atoms with Gasteiger partial charge in [-0.3, -0.25) is 14.5 Å². The van der Waals surface area contributed by atoms with Crippen molar-refractivity contribution in [3.8, 4) is 0 Å². The number of carbonyl (C=O) groups is 2. The minimum absolute atomic E-state index is 0.162. The zero-order valence-electron chi connectivity index (χ0n) is 12.6. The molecular weight excluding hydrogens is 339 g/mol. The maximum Gasteiger partial charge on any atom is 0.281 e. The number of amides is 2. The molecule has 0 aromatic heterocycles. The van der Waals surface area contributed by atoms with Crippen LogP contribution in [0.25, 0.3) is 0 Å². The summed E-state index contributed by atoms with van der Waals surface area (Å²) in [5.41, 5.74) is 1.84. The Morgan fingerprint density at radius 3 is 2.83 bits per heavy atom. The fourth-order valence-electron chi connectivity index (χ4n) is 3.05. The molecule has 23 heavy (non-hydrogen) atoms. The Morgan fingerprint density at radius 1 is 1.39 bits per heavy atom. The molecule has 3 rings (SSSR count). The highest BCUT2D eigenvalue weighted by Crippen LogP contribution is 2.44. The summed E-state index contributed by atoms with van der Waals surface area (Å²) < 4.78 is 14.3. The maximum absolute atomic E-state index is 14.3. The van der Waals surface area contributed by atoms with Crippen molar-refractivity contribution in [3.05, 3.63) is 40.2 Å². The number of halogens is 2. The van der Waals surface area contributed by atoms with Crippen LogP contribution in [0.4, 0.5) is 14.9 Å². The van der Waals surface area contributed by atoms with Crippen molar-refractivity contribution in [1.29, 1.82) is 0 Å². The van der Waals surface area contributed by atoms with Gasteiger partial charge in [0.25, 0.3) is 11.1 Å². The van der Waals surface area contributed by atoms with Gasteiger partial charge in [-0.1, -0.05) is 11.6 Å². The van der Waals surface area contributed by atoms with Gasteiger partial charge in [-0.15, -0.1) is 0 Å². The number of nitrogens with one attached hydrogen (secondary N) is 1. The minimum Gasteiger partial charge on any atom is -0.350 e. The van der Waals surface area contributed by atoms with Crippen LogP contribution in [0.3, 0.4) is 0 Å². The number of rotatable bonds is 2. The monoisotopic (exact) mass is 354 g/mol. The lowest BCUT2D eigenvalue weighted by Gasteiger charge is -2.26. The van der Waals surface area contributed by atoms with Crippen molar-refractivity contribution in [1.82, 2.24) is 5.32 Å². The summed E-state index contributed by atoms with van der Waals surface area (Å²) in [6.45, 7) is 0. The molecule has 0 bridgehead atoms. The first-order chi connectivity index (χ1) is 11.0. The lowest BCUT2D eigenvalue weighted by molar-refractivity contribution is -0.114. The maximum atomic E-state index is 14.3. The van der Waals surface area contributed by atoms with Crippen molar-refractivity contribution in [2.45, 2.75) is 31.1 Å². The van der Waals surface area contributed by atoms with Crippen molar-refractivity contribution in [2.75, 3.05) is 11.9 Å². The van der Waals surface area contributed by atoms with E-state index in [1.54, 1.807) is 6.07 Å². The quantitative estimate of drug-likeness (QED) is 0.870. The highest BCUT2D eigenvalue weighted by atomic mass is 35.5. The van der Waals surface area contributed by atoms with Gasteiger partial charge in [0.05, 0.1) is 5.69 Å². The van der Waals surface area contributed by atoms with Crippen LogP contribution in [-0.2, 0) is 4.79 Å². The van der Waals surface area contributed by atoms with Crippen LogP contribution in [0.2, 0.25) is 5.02 Å². The summed E-state index contributed by atoms with van der Waals surface area (Å²) in [6, 6.07) is 4.22. The number of thioether (sulfide) groups is 1. The average Bonchev–Trinajstić information content (AvgIpc) is 2.81. The molecule has 0 saturated heterocycles. The van der Waals surface area contributed by atoms with Crippen LogP contribution in [0.15, 0.2) is 29.3 Å². The fourth-order valence-corrected chi connectivity index (χ4v) is 4.25. The second-order valence-electron chi connectivity index (χ2n) is 5.49. The zero-order chi connectivity index (χ0) is 16.6. The van der Waals surface area contributed by atoms with Crippen LogP contribution in [0.1, 0.15) is 25.7 Å². The highest BCUT2D eigenvalue weighted by Gasteiger charge is 2.42. The predicted molar refractivity (Wildman–Crippen MR) is 90.2 cm³/mol. The zero-order valence-corrected chi connectivity index (χ0v) is 14.1. The molecule has 0 spiro atoms. The molecule has 1 aromatic rings. The van der Waals surface area contributed by atoms with E-state index in [0.29, 0.717) is 6.42 Å². The number of hydrogen-bond donors (Lipinski definition) is 1. The third kappa shape index (κ3) is 2.97. The SMILES string of the molecule is CNC(=O)SC1C2=C(CCCC2)C(=O)N1c1ccc(Cl)cc1F. The van der Waals surface area contributed by atoms with E-state index < -0.39 is 11.2 Å². The smallest absolute Gasteiger partial charge is 0.281 e. The van der Waals surface area contributed by atoms with Gasteiger partial charge in [0.2, 0.25) is 0 Å². The first-order valence-corrected chi connectivity index (χ1v) is 8.67. The van der Waals surface area contributed by atoms with Gasteiger partial charge in [-0.25, -0.2) is 4.39 Å². The Balaban J connectivity index is 2.03. The van der Waals surface area contributed by atoms with Gasteiger partial charge in [0.15, 0.2) is 0 Å². The molecule has 4 nitrogen and oxygen atoms in total. The lowest BCUT2D eigenvalue weighted by atomic mass is 9.94. The first-order valence-electron chi connectivity index (χ1n) is 7.42. The van der Waals surface area contributed by atoms with Crippen LogP contribution < -0.4 is 10.2 Å². The molecular formula is C16H16ClFN2O2S. The molecule has 1 aliphatic carbocycles. The third-order valence-corrected chi connectivity index (χ3v) is 5.48. The molecule has 1 unspecified atom stereocenters. The topological polar surface area (TPSA) is 49.4 Å². The van der Waals surface area contributed by atoms with E-state index in [1.807, 2.05) is 0 Å². The Kier molecular flexibility index (Phi) is 4.64. The summed E-state index contributed by atoms with van der Waals surface area (Å²) in [5, 5.41) is 2.08. The van der Waals surface area contributed by atoms with Crippen molar-refractivity contribution in [2.24, 2.45) is 0 Å². The molecule has 1 aliphatic heterocycles. The van der Waals surface area contributed by atoms with Gasteiger partial charge >= 0.3 is 0 Å². The fraction of sp³-hybridized carbons (Fsp3) is 0.375. The highest BCUT2D eigenvalue weighted by molar-refractivity contribution is 8.14. The van der Waals surface area contributed by atoms with E-state index in [-0.39, 0.29) is 21.9 Å². The summed E-state index contributed by atoms with van der Waals surface area (Å²) in [5.74, 6) is -0.768. The van der Waals surface area contributed by atoms with Crippen LogP contribution in [0.5, 0.6) is 0 Å². The predicted octanol–water partition coefficient (Wildman–Crippen LogP) is 4.10. The van der Waals surface area contributed by atoms with Crippen molar-refractivity contribution >= 4 is 40.2 Å². The number of nitrogens with zero attached hydrogens (tertiary/aromatic N) is 1. The number of benzene rings is 1. The van der Waals surface area contributed by atoms with Gasteiger partial charge < -0.3 is 5.32 Å². The van der Waals surface area contributed by atoms with E-state index in [1.165, 1.54) is 24.1 Å². The third-order valence-electron chi connectivity index (χ3n) is 4.11. The average molecular weight is 355 g/mol. The normalized spacial score (nSPS) is 20.7. The van der Waals surface area contributed by atoms with E-state index in [9.17, 15) is 14.0 Å². The Bertz CT molecular complexity index is 707. The minimum atomic E-state index is -0.562. The van der Waals surface area contributed by atoms with E-state index in [0.717, 1.165) is 42.2 Å². The molecule has 0 fully saturated rings. The summed E-state index contributed by atoms with van der Waals surface area (Å²) in [6.07, 6.45) is 3.37. The van der Waals surface area contributed by atoms with E-state index in [2.05, 4.69) is 5.32 Å². The standard InChI is InChI=1S/C16H16ClFN2O2S/c1-19-16(22)23-15-11-5-3-2-4-10(11)14(21)20(15)13-7-6-9(17)8-12(13)18/h6-8,15H,2-5H2,1H3,(H,19,22). The van der Waals surface area contributed by atoms with Crippen molar-refractivity contribution < 1.29 is 14.0 Å². The summed E-state index contributed by atoms with van der Waals surface area (Å²) in [4.78, 5) is 26.0. The van der Waals surface area contributed by atoms with Crippen LogP contribution in [0, 0.1) is 5.82 Å². The molecule has 7 heteroatoms. The molecule has 1 atom stereocenters. The Morgan fingerprint density at radius 2 is 2.13 bits per heavy atom. The summed E-state index contributed by atoms with van der Waals surface area (Å²) in [7, 11) is 1.54. The van der Waals surface area contributed by atoms with Gasteiger partial charge in [-0.05, 0) is 61.2 Å². The van der Waals surface area contributed by atoms with Gasteiger partial charge in [-0.2, -0.15) is 0 Å². The van der Waals surface area contributed by atoms with Crippen LogP contribution >= 0.6 is 23.4 Å². The second kappa shape index (κ2) is 6.53. The molecule has 1 heterocycles. The number of carbonyl (C=O) groups excluding carboxylic acids is 2. The lowest BCUT2D eigenvalue weighted by Crippen LogP contribution is -2.36. The van der Waals surface area contributed by atoms with Crippen molar-refractivity contribution in [3.63, 3.8) is 0 Å². The first kappa shape index (κ1) is 16.3. The van der Waals surface area contributed by atoms with E-state index >= 15 is 0 Å². The molecule has 2 amide bonds. The van der Waals surface area contributed by atoms with Gasteiger partial charge in [0, 0.05) is 17.6 Å². The number of hydrogen-bond acceptors (Lipinski definition) is 3. The van der Waals surface area contributed by atoms with Gasteiger partial charge in [0.1, 0.15) is 11.2 Å². The summed E-state index contributed by atoms with van der Waals surface area (Å²) >= 11 is 6.81. The molecule has 1 aromatic carbocycles. The molecule has 2 aliphatic rings. The molecule has 0 radical (unpaired) electrons. The largest absolute Gasteiger partial charge is 0.350 e. The second-order valence-corrected chi connectivity index (χ2v) is 6.98. The molecule has 0 saturated carbocycles.